The van der Waals surface area contributed by atoms with Crippen LogP contribution in [0.3, 0.4) is 0 Å². The molecular formula is C6H10ClF2NO. The van der Waals surface area contributed by atoms with E-state index in [1.807, 2.05) is 0 Å². The molecule has 2 aliphatic heterocycles. The van der Waals surface area contributed by atoms with Gasteiger partial charge in [0.2, 0.25) is 0 Å². The third kappa shape index (κ3) is 1.48. The zero-order chi connectivity index (χ0) is 7.24. The number of alkyl halides is 2. The maximum atomic E-state index is 12.5. The molecule has 0 aliphatic carbocycles. The van der Waals surface area contributed by atoms with E-state index in [9.17, 15) is 8.78 Å². The quantitative estimate of drug-likeness (QED) is 0.603. The molecule has 1 spiro atoms. The van der Waals surface area contributed by atoms with Crippen LogP contribution in [0.2, 0.25) is 0 Å². The van der Waals surface area contributed by atoms with E-state index in [1.54, 1.807) is 0 Å². The van der Waals surface area contributed by atoms with Gasteiger partial charge in [0.15, 0.2) is 0 Å². The molecule has 1 N–H and O–H groups in total. The molecule has 2 aliphatic rings. The van der Waals surface area contributed by atoms with Crippen molar-refractivity contribution in [2.75, 3.05) is 19.8 Å². The minimum atomic E-state index is -2.51. The van der Waals surface area contributed by atoms with Crippen LogP contribution in [0.1, 0.15) is 6.42 Å². The van der Waals surface area contributed by atoms with Gasteiger partial charge in [-0.3, -0.25) is 0 Å². The number of rotatable bonds is 0. The predicted octanol–water partition coefficient (Wildman–Crippen LogP) is 0.806. The van der Waals surface area contributed by atoms with Crippen molar-refractivity contribution in [3.8, 4) is 0 Å². The molecule has 0 aromatic carbocycles. The van der Waals surface area contributed by atoms with Crippen LogP contribution in [0.4, 0.5) is 8.78 Å². The lowest BCUT2D eigenvalue weighted by Gasteiger charge is -2.37. The number of hydrogen-bond donors (Lipinski definition) is 1. The highest BCUT2D eigenvalue weighted by Gasteiger charge is 2.53. The summed E-state index contributed by atoms with van der Waals surface area (Å²) in [6.45, 7) is 0.710. The van der Waals surface area contributed by atoms with E-state index in [4.69, 9.17) is 4.74 Å². The van der Waals surface area contributed by atoms with Gasteiger partial charge in [0.25, 0.3) is 5.92 Å². The SMILES string of the molecule is Cl.FC1(F)CNC2(COC2)C1. The molecule has 0 unspecified atom stereocenters. The van der Waals surface area contributed by atoms with Gasteiger partial charge in [-0.15, -0.1) is 12.4 Å². The van der Waals surface area contributed by atoms with Crippen molar-refractivity contribution >= 4 is 12.4 Å². The fraction of sp³-hybridized carbons (Fsp3) is 1.00. The minimum Gasteiger partial charge on any atom is -0.377 e. The zero-order valence-corrected chi connectivity index (χ0v) is 6.72. The van der Waals surface area contributed by atoms with E-state index in [1.165, 1.54) is 0 Å². The molecule has 2 heterocycles. The summed E-state index contributed by atoms with van der Waals surface area (Å²) in [5.74, 6) is -2.51. The van der Waals surface area contributed by atoms with Crippen LogP contribution in [0.15, 0.2) is 0 Å². The Labute approximate surface area is 69.7 Å². The van der Waals surface area contributed by atoms with Gasteiger partial charge < -0.3 is 10.1 Å². The molecule has 0 aromatic heterocycles. The van der Waals surface area contributed by atoms with Crippen molar-refractivity contribution in [3.05, 3.63) is 0 Å². The van der Waals surface area contributed by atoms with Gasteiger partial charge in [0.1, 0.15) is 0 Å². The Balaban J connectivity index is 0.000000605. The van der Waals surface area contributed by atoms with Gasteiger partial charge >= 0.3 is 0 Å². The van der Waals surface area contributed by atoms with Crippen LogP contribution in [-0.4, -0.2) is 31.2 Å². The van der Waals surface area contributed by atoms with Gasteiger partial charge in [-0.05, 0) is 0 Å². The van der Waals surface area contributed by atoms with Crippen molar-refractivity contribution in [1.82, 2.24) is 5.32 Å². The summed E-state index contributed by atoms with van der Waals surface area (Å²) < 4.78 is 29.9. The molecule has 0 aromatic rings. The van der Waals surface area contributed by atoms with Gasteiger partial charge in [-0.1, -0.05) is 0 Å². The van der Waals surface area contributed by atoms with E-state index >= 15 is 0 Å². The molecule has 2 rings (SSSR count). The largest absolute Gasteiger partial charge is 0.377 e. The fourth-order valence-electron chi connectivity index (χ4n) is 1.49. The molecule has 2 fully saturated rings. The Bertz CT molecular complexity index is 161. The van der Waals surface area contributed by atoms with Crippen molar-refractivity contribution < 1.29 is 13.5 Å². The van der Waals surface area contributed by atoms with Gasteiger partial charge in [0.05, 0.1) is 25.3 Å². The average molecular weight is 186 g/mol. The highest BCUT2D eigenvalue weighted by Crippen LogP contribution is 2.36. The van der Waals surface area contributed by atoms with E-state index in [0.717, 1.165) is 0 Å². The third-order valence-corrected chi connectivity index (χ3v) is 2.08. The summed E-state index contributed by atoms with van der Waals surface area (Å²) in [7, 11) is 0. The van der Waals surface area contributed by atoms with Crippen molar-refractivity contribution in [3.63, 3.8) is 0 Å². The summed E-state index contributed by atoms with van der Waals surface area (Å²) in [4.78, 5) is 0. The fourth-order valence-corrected chi connectivity index (χ4v) is 1.49. The second-order valence-corrected chi connectivity index (χ2v) is 3.16. The molecule has 0 saturated carbocycles. The molecule has 66 valence electrons. The Hall–Kier alpha value is 0.0700. The molecule has 11 heavy (non-hydrogen) atoms. The lowest BCUT2D eigenvalue weighted by Crippen LogP contribution is -2.56. The lowest BCUT2D eigenvalue weighted by atomic mass is 9.95. The molecule has 0 atom stereocenters. The Kier molecular flexibility index (Phi) is 2.11. The Morgan fingerprint density at radius 3 is 2.09 bits per heavy atom. The van der Waals surface area contributed by atoms with Crippen molar-refractivity contribution in [2.45, 2.75) is 17.9 Å². The minimum absolute atomic E-state index is 0. The molecule has 0 amide bonds. The topological polar surface area (TPSA) is 21.3 Å². The van der Waals surface area contributed by atoms with E-state index in [0.29, 0.717) is 13.2 Å². The number of nitrogens with one attached hydrogen (secondary N) is 1. The maximum absolute atomic E-state index is 12.5. The van der Waals surface area contributed by atoms with Crippen LogP contribution in [0.5, 0.6) is 0 Å². The average Bonchev–Trinajstić information content (AvgIpc) is 2.04. The molecule has 2 nitrogen and oxygen atoms in total. The van der Waals surface area contributed by atoms with Gasteiger partial charge in [0, 0.05) is 6.42 Å². The van der Waals surface area contributed by atoms with E-state index in [-0.39, 0.29) is 30.9 Å². The Morgan fingerprint density at radius 1 is 1.27 bits per heavy atom. The molecule has 5 heteroatoms. The summed E-state index contributed by atoms with van der Waals surface area (Å²) in [6, 6.07) is 0. The smallest absolute Gasteiger partial charge is 0.262 e. The second-order valence-electron chi connectivity index (χ2n) is 3.16. The second kappa shape index (κ2) is 2.54. The first-order valence-electron chi connectivity index (χ1n) is 3.33. The standard InChI is InChI=1S/C6H9F2NO.ClH/c7-6(8)1-5(9-2-6)3-10-4-5;/h9H,1-4H2;1H. The van der Waals surface area contributed by atoms with Crippen molar-refractivity contribution in [2.24, 2.45) is 0 Å². The summed E-state index contributed by atoms with van der Waals surface area (Å²) in [6.07, 6.45) is -0.0556. The molecule has 0 bridgehead atoms. The summed E-state index contributed by atoms with van der Waals surface area (Å²) in [5, 5.41) is 2.78. The molecule has 0 radical (unpaired) electrons. The van der Waals surface area contributed by atoms with Gasteiger partial charge in [-0.2, -0.15) is 0 Å². The monoisotopic (exact) mass is 185 g/mol. The number of hydrogen-bond acceptors (Lipinski definition) is 2. The van der Waals surface area contributed by atoms with Crippen LogP contribution < -0.4 is 5.32 Å². The summed E-state index contributed by atoms with van der Waals surface area (Å²) in [5.41, 5.74) is -0.372. The zero-order valence-electron chi connectivity index (χ0n) is 5.90. The van der Waals surface area contributed by atoms with Crippen LogP contribution >= 0.6 is 12.4 Å². The third-order valence-electron chi connectivity index (χ3n) is 2.08. The van der Waals surface area contributed by atoms with Crippen molar-refractivity contribution in [1.29, 1.82) is 0 Å². The van der Waals surface area contributed by atoms with Gasteiger partial charge in [-0.25, -0.2) is 8.78 Å². The predicted molar refractivity (Wildman–Crippen MR) is 38.4 cm³/mol. The highest BCUT2D eigenvalue weighted by molar-refractivity contribution is 5.85. The lowest BCUT2D eigenvalue weighted by molar-refractivity contribution is -0.0820. The first-order chi connectivity index (χ1) is 4.62. The molecular weight excluding hydrogens is 176 g/mol. The summed E-state index contributed by atoms with van der Waals surface area (Å²) >= 11 is 0. The Morgan fingerprint density at radius 2 is 1.91 bits per heavy atom. The van der Waals surface area contributed by atoms with E-state index in [2.05, 4.69) is 5.32 Å². The highest BCUT2D eigenvalue weighted by atomic mass is 35.5. The van der Waals surface area contributed by atoms with E-state index < -0.39 is 5.92 Å². The van der Waals surface area contributed by atoms with Crippen LogP contribution in [0, 0.1) is 0 Å². The number of halogens is 3. The first kappa shape index (κ1) is 9.16. The molecule has 2 saturated heterocycles. The van der Waals surface area contributed by atoms with Crippen LogP contribution in [-0.2, 0) is 4.74 Å². The van der Waals surface area contributed by atoms with Crippen LogP contribution in [0.25, 0.3) is 0 Å². The maximum Gasteiger partial charge on any atom is 0.262 e. The first-order valence-corrected chi connectivity index (χ1v) is 3.33. The normalized spacial score (nSPS) is 31.1. The number of ether oxygens (including phenoxy) is 1.